The number of nitrogens with zero attached hydrogens (tertiary/aromatic N) is 2. The minimum absolute atomic E-state index is 0.102. The van der Waals surface area contributed by atoms with Gasteiger partial charge in [-0.25, -0.2) is 0 Å². The van der Waals surface area contributed by atoms with Gasteiger partial charge in [-0.05, 0) is 128 Å². The molecule has 0 radical (unpaired) electrons. The fraction of sp³-hybridized carbons (Fsp3) is 0.0492. The van der Waals surface area contributed by atoms with E-state index in [9.17, 15) is 0 Å². The Balaban J connectivity index is 0.982. The van der Waals surface area contributed by atoms with E-state index >= 15 is 0 Å². The molecule has 10 aromatic carbocycles. The van der Waals surface area contributed by atoms with Crippen LogP contribution in [0.15, 0.2) is 243 Å². The van der Waals surface area contributed by atoms with Crippen molar-refractivity contribution in [2.45, 2.75) is 19.3 Å². The number of hydrogen-bond donors (Lipinski definition) is 0. The molecule has 0 heterocycles. The van der Waals surface area contributed by atoms with Crippen molar-refractivity contribution in [2.75, 3.05) is 9.80 Å². The van der Waals surface area contributed by atoms with Gasteiger partial charge in [0.05, 0.1) is 5.69 Å². The van der Waals surface area contributed by atoms with Gasteiger partial charge in [0.25, 0.3) is 0 Å². The monoisotopic (exact) mass is 806 g/mol. The molecule has 0 bridgehead atoms. The van der Waals surface area contributed by atoms with Gasteiger partial charge in [-0.15, -0.1) is 0 Å². The van der Waals surface area contributed by atoms with Crippen LogP contribution in [0.4, 0.5) is 34.1 Å². The highest BCUT2D eigenvalue weighted by atomic mass is 15.1. The Kier molecular flexibility index (Phi) is 9.55. The van der Waals surface area contributed by atoms with E-state index in [4.69, 9.17) is 0 Å². The highest BCUT2D eigenvalue weighted by Crippen LogP contribution is 2.51. The average Bonchev–Trinajstić information content (AvgIpc) is 3.58. The maximum absolute atomic E-state index is 2.43. The van der Waals surface area contributed by atoms with Crippen LogP contribution in [0.2, 0.25) is 0 Å². The van der Waals surface area contributed by atoms with Gasteiger partial charge in [0, 0.05) is 39.2 Å². The lowest BCUT2D eigenvalue weighted by atomic mass is 9.82. The summed E-state index contributed by atoms with van der Waals surface area (Å²) in [6.45, 7) is 4.71. The summed E-state index contributed by atoms with van der Waals surface area (Å²) in [6.07, 6.45) is 0. The fourth-order valence-corrected chi connectivity index (χ4v) is 9.68. The zero-order valence-electron chi connectivity index (χ0n) is 35.5. The van der Waals surface area contributed by atoms with Gasteiger partial charge in [-0.2, -0.15) is 0 Å². The summed E-state index contributed by atoms with van der Waals surface area (Å²) in [5.74, 6) is 0. The van der Waals surface area contributed by atoms with Crippen molar-refractivity contribution in [1.82, 2.24) is 0 Å². The summed E-state index contributed by atoms with van der Waals surface area (Å²) in [5.41, 5.74) is 19.2. The molecular formula is C61H46N2. The van der Waals surface area contributed by atoms with Crippen molar-refractivity contribution in [2.24, 2.45) is 0 Å². The number of fused-ring (bicyclic) bond motifs is 4. The highest BCUT2D eigenvalue weighted by molar-refractivity contribution is 6.06. The number of anilines is 6. The molecule has 0 aliphatic heterocycles. The predicted octanol–water partition coefficient (Wildman–Crippen LogP) is 17.1. The van der Waals surface area contributed by atoms with Crippen molar-refractivity contribution in [3.8, 4) is 44.5 Å². The second kappa shape index (κ2) is 15.8. The van der Waals surface area contributed by atoms with Gasteiger partial charge < -0.3 is 9.80 Å². The third-order valence-electron chi connectivity index (χ3n) is 12.9. The molecule has 0 saturated heterocycles. The molecule has 2 nitrogen and oxygen atoms in total. The van der Waals surface area contributed by atoms with Crippen molar-refractivity contribution >= 4 is 44.9 Å². The van der Waals surface area contributed by atoms with Crippen molar-refractivity contribution in [1.29, 1.82) is 0 Å². The topological polar surface area (TPSA) is 6.48 Å². The second-order valence-electron chi connectivity index (χ2n) is 17.0. The molecule has 2 heteroatoms. The van der Waals surface area contributed by atoms with Crippen LogP contribution in [-0.4, -0.2) is 0 Å². The molecule has 0 amide bonds. The first-order chi connectivity index (χ1) is 31.0. The Morgan fingerprint density at radius 3 is 1.30 bits per heavy atom. The number of hydrogen-bond acceptors (Lipinski definition) is 2. The van der Waals surface area contributed by atoms with Crippen molar-refractivity contribution in [3.05, 3.63) is 254 Å². The maximum Gasteiger partial charge on any atom is 0.0540 e. The quantitative estimate of drug-likeness (QED) is 0.143. The zero-order chi connectivity index (χ0) is 42.3. The second-order valence-corrected chi connectivity index (χ2v) is 17.0. The van der Waals surface area contributed by atoms with Crippen molar-refractivity contribution < 1.29 is 0 Å². The molecule has 0 atom stereocenters. The maximum atomic E-state index is 2.43. The van der Waals surface area contributed by atoms with Gasteiger partial charge in [0.1, 0.15) is 0 Å². The van der Waals surface area contributed by atoms with Crippen LogP contribution in [0, 0.1) is 0 Å². The van der Waals surface area contributed by atoms with E-state index in [-0.39, 0.29) is 5.41 Å². The third-order valence-corrected chi connectivity index (χ3v) is 12.9. The number of benzene rings is 10. The Morgan fingerprint density at radius 2 is 0.698 bits per heavy atom. The Labute approximate surface area is 370 Å². The van der Waals surface area contributed by atoms with E-state index in [1.54, 1.807) is 0 Å². The minimum atomic E-state index is -0.102. The highest BCUT2D eigenvalue weighted by Gasteiger charge is 2.35. The molecule has 1 aliphatic carbocycles. The molecule has 1 aliphatic rings. The Bertz CT molecular complexity index is 3130. The van der Waals surface area contributed by atoms with E-state index in [2.05, 4.69) is 266 Å². The average molecular weight is 807 g/mol. The largest absolute Gasteiger partial charge is 0.311 e. The standard InChI is InChI=1S/C61H46N2/c1-61(2)58-26-13-12-22-55(58)56-41-40-52(42-59(56)61)63(48-20-10-5-11-21-48)60-27-15-24-54-53(23-14-25-57(54)60)47-32-38-51(39-33-47)62(49-34-28-45(29-35-49)43-16-6-3-7-17-43)50-36-30-46(31-37-50)44-18-8-4-9-19-44/h3-42H,1-2H3. The van der Waals surface area contributed by atoms with E-state index in [1.807, 2.05) is 0 Å². The van der Waals surface area contributed by atoms with Crippen LogP contribution < -0.4 is 9.80 Å². The van der Waals surface area contributed by atoms with Gasteiger partial charge in [0.2, 0.25) is 0 Å². The first-order valence-corrected chi connectivity index (χ1v) is 21.8. The first kappa shape index (κ1) is 38.0. The van der Waals surface area contributed by atoms with Crippen molar-refractivity contribution in [3.63, 3.8) is 0 Å². The first-order valence-electron chi connectivity index (χ1n) is 21.8. The van der Waals surface area contributed by atoms with Gasteiger partial charge in [-0.1, -0.05) is 190 Å². The normalized spacial score (nSPS) is 12.4. The molecule has 0 fully saturated rings. The van der Waals surface area contributed by atoms with Crippen LogP contribution in [0.5, 0.6) is 0 Å². The summed E-state index contributed by atoms with van der Waals surface area (Å²) in [7, 11) is 0. The lowest BCUT2D eigenvalue weighted by Gasteiger charge is -2.29. The zero-order valence-corrected chi connectivity index (χ0v) is 35.5. The van der Waals surface area contributed by atoms with Gasteiger partial charge in [0.15, 0.2) is 0 Å². The van der Waals surface area contributed by atoms with E-state index in [0.29, 0.717) is 0 Å². The van der Waals surface area contributed by atoms with Gasteiger partial charge >= 0.3 is 0 Å². The molecule has 300 valence electrons. The summed E-state index contributed by atoms with van der Waals surface area (Å²) < 4.78 is 0. The minimum Gasteiger partial charge on any atom is -0.311 e. The molecular weight excluding hydrogens is 761 g/mol. The molecule has 0 N–H and O–H groups in total. The molecule has 0 spiro atoms. The molecule has 0 unspecified atom stereocenters. The number of rotatable bonds is 9. The fourth-order valence-electron chi connectivity index (χ4n) is 9.68. The molecule has 0 aromatic heterocycles. The molecule has 0 saturated carbocycles. The SMILES string of the molecule is CC1(C)c2ccccc2-c2ccc(N(c3ccccc3)c3cccc4c(-c5ccc(N(c6ccc(-c7ccccc7)cc6)c6ccc(-c7ccccc7)cc6)cc5)cccc34)cc21. The van der Waals surface area contributed by atoms with E-state index < -0.39 is 0 Å². The van der Waals surface area contributed by atoms with Crippen LogP contribution in [-0.2, 0) is 5.41 Å². The lowest BCUT2D eigenvalue weighted by molar-refractivity contribution is 0.660. The summed E-state index contributed by atoms with van der Waals surface area (Å²) >= 11 is 0. The molecule has 11 rings (SSSR count). The van der Waals surface area contributed by atoms with Crippen LogP contribution in [0.1, 0.15) is 25.0 Å². The van der Waals surface area contributed by atoms with Crippen LogP contribution >= 0.6 is 0 Å². The summed E-state index contributed by atoms with van der Waals surface area (Å²) in [5, 5.41) is 2.41. The summed E-state index contributed by atoms with van der Waals surface area (Å²) in [6, 6.07) is 88.2. The predicted molar refractivity (Wildman–Crippen MR) is 267 cm³/mol. The third kappa shape index (κ3) is 6.87. The summed E-state index contributed by atoms with van der Waals surface area (Å²) in [4.78, 5) is 4.78. The smallest absolute Gasteiger partial charge is 0.0540 e. The van der Waals surface area contributed by atoms with Crippen LogP contribution in [0.3, 0.4) is 0 Å². The van der Waals surface area contributed by atoms with Crippen LogP contribution in [0.25, 0.3) is 55.3 Å². The molecule has 10 aromatic rings. The Morgan fingerprint density at radius 1 is 0.270 bits per heavy atom. The van der Waals surface area contributed by atoms with E-state index in [1.165, 1.54) is 66.4 Å². The lowest BCUT2D eigenvalue weighted by Crippen LogP contribution is -2.16. The number of para-hydroxylation sites is 1. The molecule has 63 heavy (non-hydrogen) atoms. The van der Waals surface area contributed by atoms with Gasteiger partial charge in [-0.3, -0.25) is 0 Å². The Hall–Kier alpha value is -7.94. The van der Waals surface area contributed by atoms with E-state index in [0.717, 1.165) is 34.1 Å².